The van der Waals surface area contributed by atoms with Crippen molar-refractivity contribution in [3.8, 4) is 0 Å². The van der Waals surface area contributed by atoms with Gasteiger partial charge >= 0.3 is 17.8 Å². The van der Waals surface area contributed by atoms with Crippen LogP contribution in [0.2, 0.25) is 0 Å². The lowest BCUT2D eigenvalue weighted by Gasteiger charge is -2.30. The smallest absolute Gasteiger partial charge is 0.333 e. The first-order chi connectivity index (χ1) is 6.07. The maximum atomic E-state index is 11.2. The lowest BCUT2D eigenvalue weighted by Crippen LogP contribution is -2.55. The predicted molar refractivity (Wildman–Crippen MR) is 42.5 cm³/mol. The van der Waals surface area contributed by atoms with Crippen molar-refractivity contribution in [1.29, 1.82) is 0 Å². The number of imide groups is 1. The van der Waals surface area contributed by atoms with Gasteiger partial charge in [-0.25, -0.2) is 10.5 Å². The van der Waals surface area contributed by atoms with Crippen LogP contribution in [-0.4, -0.2) is 47.3 Å². The molecular formula is C7H10N3O3. The van der Waals surface area contributed by atoms with Crippen molar-refractivity contribution < 1.29 is 14.4 Å². The molecule has 1 rings (SSSR count). The van der Waals surface area contributed by atoms with Gasteiger partial charge in [-0.3, -0.25) is 14.5 Å². The maximum absolute atomic E-state index is 11.2. The van der Waals surface area contributed by atoms with Gasteiger partial charge in [-0.05, 0) is 6.92 Å². The second kappa shape index (κ2) is 3.42. The fraction of sp³-hybridized carbons (Fsp3) is 0.571. The summed E-state index contributed by atoms with van der Waals surface area (Å²) in [7, 11) is 0. The maximum Gasteiger partial charge on any atom is 0.343 e. The monoisotopic (exact) mass is 184 g/mol. The van der Waals surface area contributed by atoms with Crippen LogP contribution < -0.4 is 5.73 Å². The predicted octanol–water partition coefficient (Wildman–Crippen LogP) is -0.920. The number of amides is 4. The molecule has 0 bridgehead atoms. The van der Waals surface area contributed by atoms with E-state index in [2.05, 4.69) is 0 Å². The van der Waals surface area contributed by atoms with E-state index >= 15 is 0 Å². The normalized spacial score (nSPS) is 17.9. The van der Waals surface area contributed by atoms with Gasteiger partial charge in [0.2, 0.25) is 0 Å². The highest BCUT2D eigenvalue weighted by atomic mass is 16.2. The van der Waals surface area contributed by atoms with Crippen molar-refractivity contribution >= 4 is 17.8 Å². The molecule has 1 fully saturated rings. The molecule has 0 saturated carbocycles. The Balaban J connectivity index is 2.76. The third-order valence-corrected chi connectivity index (χ3v) is 1.94. The molecule has 0 spiro atoms. The average Bonchev–Trinajstić information content (AvgIpc) is 2.09. The lowest BCUT2D eigenvalue weighted by molar-refractivity contribution is -0.153. The van der Waals surface area contributed by atoms with Crippen LogP contribution >= 0.6 is 0 Å². The zero-order chi connectivity index (χ0) is 10.0. The van der Waals surface area contributed by atoms with Crippen molar-refractivity contribution in [2.75, 3.05) is 19.6 Å². The second-order valence-electron chi connectivity index (χ2n) is 2.65. The van der Waals surface area contributed by atoms with Crippen LogP contribution in [-0.2, 0) is 9.59 Å². The zero-order valence-electron chi connectivity index (χ0n) is 7.24. The first kappa shape index (κ1) is 9.50. The van der Waals surface area contributed by atoms with E-state index in [-0.39, 0.29) is 6.54 Å². The molecule has 0 aromatic carbocycles. The topological polar surface area (TPSA) is 81.5 Å². The molecule has 13 heavy (non-hydrogen) atoms. The minimum absolute atomic E-state index is 0.126. The Hall–Kier alpha value is -1.59. The van der Waals surface area contributed by atoms with Gasteiger partial charge in [-0.1, -0.05) is 0 Å². The molecule has 6 heteroatoms. The number of urea groups is 1. The van der Waals surface area contributed by atoms with E-state index in [9.17, 15) is 14.4 Å². The molecule has 0 aromatic rings. The summed E-state index contributed by atoms with van der Waals surface area (Å²) >= 11 is 0. The van der Waals surface area contributed by atoms with E-state index in [4.69, 9.17) is 5.73 Å². The van der Waals surface area contributed by atoms with Crippen LogP contribution in [0.3, 0.4) is 0 Å². The summed E-state index contributed by atoms with van der Waals surface area (Å²) in [5, 5.41) is 0. The van der Waals surface area contributed by atoms with Crippen LogP contribution in [0.15, 0.2) is 0 Å². The van der Waals surface area contributed by atoms with E-state index in [1.165, 1.54) is 4.90 Å². The molecule has 1 saturated heterocycles. The number of piperazine rings is 1. The highest BCUT2D eigenvalue weighted by Gasteiger charge is 2.34. The van der Waals surface area contributed by atoms with Gasteiger partial charge < -0.3 is 4.90 Å². The third-order valence-electron chi connectivity index (χ3n) is 1.94. The summed E-state index contributed by atoms with van der Waals surface area (Å²) < 4.78 is 0. The Morgan fingerprint density at radius 2 is 2.00 bits per heavy atom. The summed E-state index contributed by atoms with van der Waals surface area (Å²) in [6.07, 6.45) is 0. The minimum atomic E-state index is -1.12. The van der Waals surface area contributed by atoms with E-state index in [0.29, 0.717) is 18.0 Å². The highest BCUT2D eigenvalue weighted by Crippen LogP contribution is 2.04. The Morgan fingerprint density at radius 3 is 2.46 bits per heavy atom. The fourth-order valence-electron chi connectivity index (χ4n) is 1.17. The summed E-state index contributed by atoms with van der Waals surface area (Å²) in [5.41, 5.74) is 6.71. The minimum Gasteiger partial charge on any atom is -0.333 e. The van der Waals surface area contributed by atoms with Crippen LogP contribution in [0, 0.1) is 0 Å². The summed E-state index contributed by atoms with van der Waals surface area (Å²) in [5.74, 6) is -1.59. The molecule has 0 aromatic heterocycles. The molecule has 0 atom stereocenters. The van der Waals surface area contributed by atoms with Crippen molar-refractivity contribution in [2.45, 2.75) is 6.92 Å². The number of rotatable bonds is 1. The quantitative estimate of drug-likeness (QED) is 0.494. The average molecular weight is 184 g/mol. The van der Waals surface area contributed by atoms with Crippen molar-refractivity contribution in [2.24, 2.45) is 0 Å². The number of carbonyl (C=O) groups is 3. The first-order valence-electron chi connectivity index (χ1n) is 3.94. The summed E-state index contributed by atoms with van der Waals surface area (Å²) in [6.45, 7) is 2.65. The molecule has 71 valence electrons. The van der Waals surface area contributed by atoms with Gasteiger partial charge in [0.05, 0.1) is 0 Å². The van der Waals surface area contributed by atoms with Crippen LogP contribution in [0.1, 0.15) is 6.92 Å². The molecule has 1 heterocycles. The molecule has 1 N–H and O–H groups in total. The number of likely N-dealkylation sites (N-methyl/N-ethyl adjacent to an activating group) is 1. The zero-order valence-corrected chi connectivity index (χ0v) is 7.24. The molecule has 4 amide bonds. The Kier molecular flexibility index (Phi) is 2.50. The number of carbonyl (C=O) groups excluding carboxylic acids is 3. The molecule has 6 nitrogen and oxygen atoms in total. The van der Waals surface area contributed by atoms with Gasteiger partial charge in [0, 0.05) is 19.6 Å². The van der Waals surface area contributed by atoms with E-state index < -0.39 is 17.8 Å². The second-order valence-corrected chi connectivity index (χ2v) is 2.65. The SMILES string of the molecule is CCN1CCN(C([NH])=O)C(=O)C1=O. The Morgan fingerprint density at radius 1 is 1.38 bits per heavy atom. The van der Waals surface area contributed by atoms with Crippen LogP contribution in [0.25, 0.3) is 0 Å². The molecule has 0 aliphatic carbocycles. The van der Waals surface area contributed by atoms with Crippen molar-refractivity contribution in [3.63, 3.8) is 0 Å². The Labute approximate surface area is 75.3 Å². The standard InChI is InChI=1S/C7H10N3O3/c1-2-9-3-4-10(7(8)13)6(12)5(9)11/h8H,2-4H2,1H3. The van der Waals surface area contributed by atoms with Gasteiger partial charge in [-0.15, -0.1) is 0 Å². The van der Waals surface area contributed by atoms with Crippen LogP contribution in [0.5, 0.6) is 0 Å². The van der Waals surface area contributed by atoms with E-state index in [1.54, 1.807) is 6.92 Å². The van der Waals surface area contributed by atoms with Crippen molar-refractivity contribution in [1.82, 2.24) is 15.5 Å². The summed E-state index contributed by atoms with van der Waals surface area (Å²) in [4.78, 5) is 34.8. The third kappa shape index (κ3) is 1.61. The molecule has 0 unspecified atom stereocenters. The summed E-state index contributed by atoms with van der Waals surface area (Å²) in [6, 6.07) is -1.12. The molecular weight excluding hydrogens is 174 g/mol. The van der Waals surface area contributed by atoms with E-state index in [1.807, 2.05) is 0 Å². The van der Waals surface area contributed by atoms with Crippen molar-refractivity contribution in [3.05, 3.63) is 0 Å². The largest absolute Gasteiger partial charge is 0.343 e. The number of hydrogen-bond acceptors (Lipinski definition) is 3. The molecule has 1 radical (unpaired) electrons. The van der Waals surface area contributed by atoms with E-state index in [0.717, 1.165) is 0 Å². The van der Waals surface area contributed by atoms with Gasteiger partial charge in [0.25, 0.3) is 0 Å². The fourth-order valence-corrected chi connectivity index (χ4v) is 1.17. The number of nitrogens with one attached hydrogen (secondary N) is 1. The van der Waals surface area contributed by atoms with Crippen LogP contribution in [0.4, 0.5) is 4.79 Å². The number of nitrogens with zero attached hydrogens (tertiary/aromatic N) is 2. The molecule has 1 aliphatic rings. The lowest BCUT2D eigenvalue weighted by atomic mass is 10.3. The Bertz CT molecular complexity index is 264. The van der Waals surface area contributed by atoms with Gasteiger partial charge in [0.15, 0.2) is 0 Å². The highest BCUT2D eigenvalue weighted by molar-refractivity contribution is 6.37. The number of hydrogen-bond donors (Lipinski definition) is 0. The first-order valence-corrected chi connectivity index (χ1v) is 3.94. The van der Waals surface area contributed by atoms with Gasteiger partial charge in [0.1, 0.15) is 0 Å². The van der Waals surface area contributed by atoms with Gasteiger partial charge in [-0.2, -0.15) is 0 Å². The molecule has 1 aliphatic heterocycles.